The van der Waals surface area contributed by atoms with E-state index in [9.17, 15) is 19.5 Å². The Morgan fingerprint density at radius 1 is 1.25 bits per heavy atom. The number of aliphatic carboxylic acids is 1. The van der Waals surface area contributed by atoms with Crippen LogP contribution >= 0.6 is 12.6 Å². The minimum absolute atomic E-state index is 0.0436. The Bertz CT molecular complexity index is 328. The molecule has 0 saturated heterocycles. The van der Waals surface area contributed by atoms with Crippen molar-refractivity contribution in [2.24, 2.45) is 0 Å². The second kappa shape index (κ2) is 10.5. The molecule has 1 atom stereocenters. The minimum Gasteiger partial charge on any atom is -0.548 e. The molecular formula is C12H24N2O5S. The zero-order valence-electron chi connectivity index (χ0n) is 12.6. The molecule has 118 valence electrons. The number of amides is 1. The summed E-state index contributed by atoms with van der Waals surface area (Å²) in [6, 6.07) is -0.985. The van der Waals surface area contributed by atoms with E-state index in [1.165, 1.54) is 13.8 Å². The topological polar surface area (TPSA) is 95.5 Å². The van der Waals surface area contributed by atoms with Crippen molar-refractivity contribution in [3.8, 4) is 0 Å². The monoisotopic (exact) mass is 308 g/mol. The van der Waals surface area contributed by atoms with Gasteiger partial charge in [-0.2, -0.15) is 12.6 Å². The van der Waals surface area contributed by atoms with Crippen molar-refractivity contribution >= 4 is 30.5 Å². The molecule has 0 rings (SSSR count). The standard InChI is InChI=1S/C7H16NO2.C5H9NO3S/c1-7(9)10-6-5-8(2,3)4;1-3(7)6-4(2-10)5(8)9/h5-6H2,1-4H3;4,10H,2H2,1H3,(H,6,7)(H,8,9)/q+1;/p-1/t;4-/m.0/s1. The van der Waals surface area contributed by atoms with E-state index >= 15 is 0 Å². The zero-order chi connectivity index (χ0) is 16.3. The Labute approximate surface area is 125 Å². The van der Waals surface area contributed by atoms with Crippen LogP contribution in [0.15, 0.2) is 0 Å². The minimum atomic E-state index is -1.31. The van der Waals surface area contributed by atoms with Gasteiger partial charge in [0.2, 0.25) is 5.91 Å². The lowest BCUT2D eigenvalue weighted by molar-refractivity contribution is -0.870. The summed E-state index contributed by atoms with van der Waals surface area (Å²) in [4.78, 5) is 30.7. The van der Waals surface area contributed by atoms with Crippen molar-refractivity contribution in [1.82, 2.24) is 5.32 Å². The molecule has 0 aromatic rings. The zero-order valence-corrected chi connectivity index (χ0v) is 13.5. The fourth-order valence-electron chi connectivity index (χ4n) is 0.888. The van der Waals surface area contributed by atoms with Crippen LogP contribution in [0.4, 0.5) is 0 Å². The third-order valence-corrected chi connectivity index (χ3v) is 2.28. The molecule has 0 heterocycles. The first-order valence-electron chi connectivity index (χ1n) is 6.02. The van der Waals surface area contributed by atoms with Crippen molar-refractivity contribution in [3.05, 3.63) is 0 Å². The number of nitrogens with one attached hydrogen (secondary N) is 1. The van der Waals surface area contributed by atoms with Gasteiger partial charge in [0.1, 0.15) is 13.2 Å². The number of carboxylic acids is 1. The molecular weight excluding hydrogens is 284 g/mol. The summed E-state index contributed by atoms with van der Waals surface area (Å²) in [6.07, 6.45) is 0. The van der Waals surface area contributed by atoms with Gasteiger partial charge >= 0.3 is 5.97 Å². The van der Waals surface area contributed by atoms with Crippen LogP contribution in [0.1, 0.15) is 13.8 Å². The molecule has 0 unspecified atom stereocenters. The first-order chi connectivity index (χ1) is 8.99. The Morgan fingerprint density at radius 2 is 1.75 bits per heavy atom. The SMILES string of the molecule is CC(=O)N[C@@H](CS)C(=O)[O-].CC(=O)OCC[N+](C)(C)C. The molecule has 8 heteroatoms. The lowest BCUT2D eigenvalue weighted by Gasteiger charge is -2.23. The number of esters is 1. The van der Waals surface area contributed by atoms with Crippen molar-refractivity contribution in [2.45, 2.75) is 19.9 Å². The van der Waals surface area contributed by atoms with E-state index in [1.54, 1.807) is 0 Å². The van der Waals surface area contributed by atoms with Crippen LogP contribution in [0.3, 0.4) is 0 Å². The normalized spacial score (nSPS) is 11.7. The molecule has 0 aliphatic carbocycles. The van der Waals surface area contributed by atoms with Crippen LogP contribution in [0, 0.1) is 0 Å². The Balaban J connectivity index is 0. The predicted octanol–water partition coefficient (Wildman–Crippen LogP) is -1.57. The Kier molecular flexibility index (Phi) is 11.0. The number of carbonyl (C=O) groups is 3. The predicted molar refractivity (Wildman–Crippen MR) is 76.0 cm³/mol. The van der Waals surface area contributed by atoms with Crippen molar-refractivity contribution in [2.75, 3.05) is 40.0 Å². The quantitative estimate of drug-likeness (QED) is 0.351. The lowest BCUT2D eigenvalue weighted by atomic mass is 10.3. The highest BCUT2D eigenvalue weighted by atomic mass is 32.1. The van der Waals surface area contributed by atoms with Gasteiger partial charge < -0.3 is 24.4 Å². The molecule has 0 saturated carbocycles. The maximum absolute atomic E-state index is 10.3. The summed E-state index contributed by atoms with van der Waals surface area (Å²) in [7, 11) is 6.18. The highest BCUT2D eigenvalue weighted by Crippen LogP contribution is 1.89. The van der Waals surface area contributed by atoms with Gasteiger partial charge in [-0.15, -0.1) is 0 Å². The molecule has 20 heavy (non-hydrogen) atoms. The van der Waals surface area contributed by atoms with E-state index in [4.69, 9.17) is 4.74 Å². The van der Waals surface area contributed by atoms with E-state index in [2.05, 4.69) is 39.1 Å². The summed E-state index contributed by atoms with van der Waals surface area (Å²) in [6.45, 7) is 4.04. The van der Waals surface area contributed by atoms with Crippen LogP contribution in [0.25, 0.3) is 0 Å². The number of thiol groups is 1. The molecule has 0 aromatic carbocycles. The number of rotatable bonds is 6. The van der Waals surface area contributed by atoms with Crippen LogP contribution in [-0.2, 0) is 19.1 Å². The molecule has 0 bridgehead atoms. The number of hydrogen-bond acceptors (Lipinski definition) is 6. The summed E-state index contributed by atoms with van der Waals surface area (Å²) in [5.41, 5.74) is 0. The second-order valence-electron chi connectivity index (χ2n) is 5.11. The maximum Gasteiger partial charge on any atom is 0.302 e. The summed E-state index contributed by atoms with van der Waals surface area (Å²) in [5.74, 6) is -1.87. The molecule has 1 amide bonds. The molecule has 1 N–H and O–H groups in total. The van der Waals surface area contributed by atoms with E-state index in [-0.39, 0.29) is 11.7 Å². The van der Waals surface area contributed by atoms with Crippen LogP contribution in [0.2, 0.25) is 0 Å². The number of ether oxygens (including phenoxy) is 1. The van der Waals surface area contributed by atoms with Gasteiger partial charge in [-0.3, -0.25) is 9.59 Å². The average molecular weight is 308 g/mol. The van der Waals surface area contributed by atoms with Crippen molar-refractivity contribution < 1.29 is 28.7 Å². The van der Waals surface area contributed by atoms with Gasteiger partial charge in [0.25, 0.3) is 0 Å². The number of carbonyl (C=O) groups excluding carboxylic acids is 3. The number of nitrogens with zero attached hydrogens (tertiary/aromatic N) is 1. The van der Waals surface area contributed by atoms with Gasteiger partial charge in [-0.05, 0) is 0 Å². The fourth-order valence-corrected chi connectivity index (χ4v) is 1.13. The third kappa shape index (κ3) is 16.7. The van der Waals surface area contributed by atoms with Gasteiger partial charge in [-0.25, -0.2) is 0 Å². The highest BCUT2D eigenvalue weighted by molar-refractivity contribution is 7.80. The molecule has 0 aliphatic rings. The lowest BCUT2D eigenvalue weighted by Crippen LogP contribution is -2.48. The first kappa shape index (κ1) is 21.0. The smallest absolute Gasteiger partial charge is 0.302 e. The second-order valence-corrected chi connectivity index (χ2v) is 5.47. The third-order valence-electron chi connectivity index (χ3n) is 1.91. The summed E-state index contributed by atoms with van der Waals surface area (Å²) >= 11 is 3.69. The molecule has 0 aliphatic heterocycles. The molecule has 0 fully saturated rings. The first-order valence-corrected chi connectivity index (χ1v) is 6.65. The Hall–Kier alpha value is -1.28. The van der Waals surface area contributed by atoms with Crippen LogP contribution in [0.5, 0.6) is 0 Å². The van der Waals surface area contributed by atoms with E-state index < -0.39 is 17.9 Å². The van der Waals surface area contributed by atoms with Crippen molar-refractivity contribution in [3.63, 3.8) is 0 Å². The van der Waals surface area contributed by atoms with E-state index in [0.29, 0.717) is 6.61 Å². The van der Waals surface area contributed by atoms with Crippen LogP contribution < -0.4 is 10.4 Å². The van der Waals surface area contributed by atoms with Crippen LogP contribution in [-0.4, -0.2) is 68.4 Å². The molecule has 7 nitrogen and oxygen atoms in total. The van der Waals surface area contributed by atoms with Gasteiger partial charge in [0.15, 0.2) is 0 Å². The maximum atomic E-state index is 10.3. The molecule has 0 spiro atoms. The van der Waals surface area contributed by atoms with Gasteiger partial charge in [0, 0.05) is 19.6 Å². The highest BCUT2D eigenvalue weighted by Gasteiger charge is 2.07. The summed E-state index contributed by atoms with van der Waals surface area (Å²) in [5, 5.41) is 12.2. The average Bonchev–Trinajstić information content (AvgIpc) is 2.23. The van der Waals surface area contributed by atoms with Gasteiger partial charge in [-0.1, -0.05) is 0 Å². The number of hydrogen-bond donors (Lipinski definition) is 2. The number of quaternary nitrogens is 1. The van der Waals surface area contributed by atoms with E-state index in [0.717, 1.165) is 11.0 Å². The summed E-state index contributed by atoms with van der Waals surface area (Å²) < 4.78 is 5.59. The molecule has 0 radical (unpaired) electrons. The number of likely N-dealkylation sites (N-methyl/N-ethyl adjacent to an activating group) is 1. The Morgan fingerprint density at radius 3 is 1.95 bits per heavy atom. The fraction of sp³-hybridized carbons (Fsp3) is 0.750. The molecule has 0 aromatic heterocycles. The van der Waals surface area contributed by atoms with E-state index in [1.807, 2.05) is 0 Å². The van der Waals surface area contributed by atoms with Gasteiger partial charge in [0.05, 0.1) is 33.2 Å². The largest absolute Gasteiger partial charge is 0.548 e. The number of carboxylic acid groups (broad SMARTS) is 1. The van der Waals surface area contributed by atoms with Crippen molar-refractivity contribution in [1.29, 1.82) is 0 Å².